The molecule has 1 aliphatic carbocycles. The molecule has 53 heavy (non-hydrogen) atoms. The fourth-order valence-electron chi connectivity index (χ4n) is 8.35. The van der Waals surface area contributed by atoms with E-state index in [0.717, 1.165) is 39.0 Å². The fourth-order valence-corrected chi connectivity index (χ4v) is 9.83. The standard InChI is InChI=1S/C50H39NOS/c1-50(2,3)34-25-28-43(41(30-34)32-14-5-4-6-15-32)51(35-26-29-46-42(31-35)37-18-9-11-22-45(37)52-46)44-27-24-33-16-7-8-17-36(33)48(44)40-21-13-20-39-38-19-10-12-23-47(38)53-49(39)40/h4-31,39,49H,1-3H3. The van der Waals surface area contributed by atoms with Gasteiger partial charge in [-0.2, -0.15) is 0 Å². The second-order valence-electron chi connectivity index (χ2n) is 15.3. The maximum atomic E-state index is 6.36. The highest BCUT2D eigenvalue weighted by atomic mass is 32.2. The Morgan fingerprint density at radius 2 is 1.36 bits per heavy atom. The molecule has 1 aliphatic heterocycles. The molecule has 2 nitrogen and oxygen atoms in total. The van der Waals surface area contributed by atoms with Gasteiger partial charge in [0.25, 0.3) is 0 Å². The number of para-hydroxylation sites is 1. The molecule has 2 atom stereocenters. The highest BCUT2D eigenvalue weighted by Gasteiger charge is 2.38. The van der Waals surface area contributed by atoms with E-state index < -0.39 is 0 Å². The van der Waals surface area contributed by atoms with E-state index in [1.54, 1.807) is 0 Å². The van der Waals surface area contributed by atoms with Crippen LogP contribution in [0.25, 0.3) is 49.4 Å². The minimum absolute atomic E-state index is 0.0153. The smallest absolute Gasteiger partial charge is 0.135 e. The van der Waals surface area contributed by atoms with Crippen LogP contribution >= 0.6 is 11.8 Å². The van der Waals surface area contributed by atoms with Crippen LogP contribution in [-0.2, 0) is 5.41 Å². The summed E-state index contributed by atoms with van der Waals surface area (Å²) in [6.45, 7) is 6.89. The Bertz CT molecular complexity index is 2760. The van der Waals surface area contributed by atoms with Gasteiger partial charge in [-0.15, -0.1) is 11.8 Å². The van der Waals surface area contributed by atoms with Gasteiger partial charge in [0.15, 0.2) is 0 Å². The highest BCUT2D eigenvalue weighted by Crippen LogP contribution is 2.56. The summed E-state index contributed by atoms with van der Waals surface area (Å²) in [6.07, 6.45) is 7.05. The van der Waals surface area contributed by atoms with Gasteiger partial charge in [-0.1, -0.05) is 142 Å². The summed E-state index contributed by atoms with van der Waals surface area (Å²) in [5.74, 6) is 0.316. The van der Waals surface area contributed by atoms with Gasteiger partial charge in [0.1, 0.15) is 11.2 Å². The third-order valence-electron chi connectivity index (χ3n) is 11.0. The number of benzene rings is 7. The minimum Gasteiger partial charge on any atom is -0.456 e. The number of fused-ring (bicyclic) bond motifs is 7. The molecule has 0 radical (unpaired) electrons. The average molecular weight is 702 g/mol. The molecule has 10 rings (SSSR count). The molecule has 1 aromatic heterocycles. The van der Waals surface area contributed by atoms with Crippen molar-refractivity contribution in [1.82, 2.24) is 0 Å². The van der Waals surface area contributed by atoms with E-state index in [1.807, 2.05) is 17.8 Å². The predicted octanol–water partition coefficient (Wildman–Crippen LogP) is 14.4. The number of thioether (sulfide) groups is 1. The van der Waals surface area contributed by atoms with Crippen LogP contribution in [0.3, 0.4) is 0 Å². The lowest BCUT2D eigenvalue weighted by Crippen LogP contribution is -2.18. The van der Waals surface area contributed by atoms with E-state index in [4.69, 9.17) is 4.42 Å². The number of hydrogen-bond acceptors (Lipinski definition) is 3. The third kappa shape index (κ3) is 5.33. The van der Waals surface area contributed by atoms with Crippen LogP contribution in [-0.4, -0.2) is 5.25 Å². The molecule has 2 aliphatic rings. The molecular weight excluding hydrogens is 663 g/mol. The van der Waals surface area contributed by atoms with Crippen molar-refractivity contribution in [3.63, 3.8) is 0 Å². The molecule has 0 fully saturated rings. The van der Waals surface area contributed by atoms with E-state index in [0.29, 0.717) is 5.92 Å². The third-order valence-corrected chi connectivity index (χ3v) is 12.4. The van der Waals surface area contributed by atoms with E-state index in [-0.39, 0.29) is 10.7 Å². The number of anilines is 3. The van der Waals surface area contributed by atoms with Gasteiger partial charge < -0.3 is 9.32 Å². The zero-order valence-corrected chi connectivity index (χ0v) is 30.9. The van der Waals surface area contributed by atoms with Crippen LogP contribution in [0.5, 0.6) is 0 Å². The van der Waals surface area contributed by atoms with Crippen LogP contribution in [0, 0.1) is 0 Å². The molecule has 0 saturated carbocycles. The average Bonchev–Trinajstić information content (AvgIpc) is 3.76. The Balaban J connectivity index is 1.28. The Morgan fingerprint density at radius 3 is 2.23 bits per heavy atom. The summed E-state index contributed by atoms with van der Waals surface area (Å²) in [6, 6.07) is 55.5. The zero-order chi connectivity index (χ0) is 35.7. The van der Waals surface area contributed by atoms with Gasteiger partial charge in [-0.25, -0.2) is 0 Å². The van der Waals surface area contributed by atoms with Gasteiger partial charge in [0, 0.05) is 43.7 Å². The topological polar surface area (TPSA) is 16.4 Å². The van der Waals surface area contributed by atoms with Crippen molar-refractivity contribution in [2.24, 2.45) is 0 Å². The summed E-state index contributed by atoms with van der Waals surface area (Å²) in [5.41, 5.74) is 12.9. The van der Waals surface area contributed by atoms with Crippen LogP contribution in [0.1, 0.15) is 43.4 Å². The maximum Gasteiger partial charge on any atom is 0.135 e. The molecule has 2 heterocycles. The Kier molecular flexibility index (Phi) is 7.49. The number of nitrogens with zero attached hydrogens (tertiary/aromatic N) is 1. The van der Waals surface area contributed by atoms with E-state index in [2.05, 4.69) is 189 Å². The van der Waals surface area contributed by atoms with Crippen LogP contribution in [0.15, 0.2) is 179 Å². The quantitative estimate of drug-likeness (QED) is 0.178. The number of rotatable bonds is 5. The highest BCUT2D eigenvalue weighted by molar-refractivity contribution is 8.00. The summed E-state index contributed by atoms with van der Waals surface area (Å²) in [7, 11) is 0. The lowest BCUT2D eigenvalue weighted by molar-refractivity contribution is 0.590. The van der Waals surface area contributed by atoms with Crippen molar-refractivity contribution >= 4 is 67.1 Å². The summed E-state index contributed by atoms with van der Waals surface area (Å²) >= 11 is 2.00. The lowest BCUT2D eigenvalue weighted by Gasteiger charge is -2.34. The lowest BCUT2D eigenvalue weighted by atomic mass is 9.82. The molecule has 0 amide bonds. The normalized spacial score (nSPS) is 16.5. The molecular formula is C50H39NOS. The molecule has 256 valence electrons. The molecule has 2 unspecified atom stereocenters. The summed E-state index contributed by atoms with van der Waals surface area (Å²) in [5, 5.41) is 4.99. The van der Waals surface area contributed by atoms with Gasteiger partial charge in [-0.3, -0.25) is 0 Å². The zero-order valence-electron chi connectivity index (χ0n) is 30.1. The monoisotopic (exact) mass is 701 g/mol. The van der Waals surface area contributed by atoms with Crippen molar-refractivity contribution in [2.75, 3.05) is 4.90 Å². The molecule has 8 aromatic rings. The van der Waals surface area contributed by atoms with E-state index >= 15 is 0 Å². The van der Waals surface area contributed by atoms with Gasteiger partial charge in [0.2, 0.25) is 0 Å². The fraction of sp³-hybridized carbons (Fsp3) is 0.120. The second-order valence-corrected chi connectivity index (χ2v) is 16.4. The Hall–Kier alpha value is -5.77. The van der Waals surface area contributed by atoms with E-state index in [9.17, 15) is 0 Å². The second kappa shape index (κ2) is 12.4. The van der Waals surface area contributed by atoms with Crippen molar-refractivity contribution in [1.29, 1.82) is 0 Å². The van der Waals surface area contributed by atoms with Crippen molar-refractivity contribution in [3.8, 4) is 11.1 Å². The first-order valence-electron chi connectivity index (χ1n) is 18.5. The molecule has 0 bridgehead atoms. The summed E-state index contributed by atoms with van der Waals surface area (Å²) in [4.78, 5) is 3.89. The first-order valence-corrected chi connectivity index (χ1v) is 19.4. The van der Waals surface area contributed by atoms with Crippen molar-refractivity contribution < 1.29 is 4.42 Å². The Morgan fingerprint density at radius 1 is 0.623 bits per heavy atom. The van der Waals surface area contributed by atoms with Gasteiger partial charge in [-0.05, 0) is 87.0 Å². The minimum atomic E-state index is -0.0153. The van der Waals surface area contributed by atoms with Crippen molar-refractivity contribution in [2.45, 2.75) is 42.2 Å². The SMILES string of the molecule is CC(C)(C)c1ccc(N(c2ccc3oc4ccccc4c3c2)c2ccc3ccccc3c2C2=CC=CC3c4ccccc4SC23)c(-c2ccccc2)c1. The summed E-state index contributed by atoms with van der Waals surface area (Å²) < 4.78 is 6.36. The van der Waals surface area contributed by atoms with E-state index in [1.165, 1.54) is 49.1 Å². The molecule has 0 saturated heterocycles. The van der Waals surface area contributed by atoms with Crippen molar-refractivity contribution in [3.05, 3.63) is 187 Å². The molecule has 7 aromatic carbocycles. The Labute approximate surface area is 315 Å². The van der Waals surface area contributed by atoms with Gasteiger partial charge in [0.05, 0.1) is 11.4 Å². The van der Waals surface area contributed by atoms with Gasteiger partial charge >= 0.3 is 0 Å². The maximum absolute atomic E-state index is 6.36. The largest absolute Gasteiger partial charge is 0.456 e. The van der Waals surface area contributed by atoms with Crippen LogP contribution in [0.2, 0.25) is 0 Å². The number of hydrogen-bond donors (Lipinski definition) is 0. The molecule has 0 N–H and O–H groups in total. The predicted molar refractivity (Wildman–Crippen MR) is 226 cm³/mol. The van der Waals surface area contributed by atoms with Crippen LogP contribution < -0.4 is 4.90 Å². The molecule has 0 spiro atoms. The van der Waals surface area contributed by atoms with Crippen LogP contribution in [0.4, 0.5) is 17.1 Å². The molecule has 3 heteroatoms. The number of furan rings is 1. The first-order chi connectivity index (χ1) is 25.9. The number of allylic oxidation sites excluding steroid dienone is 3. The first kappa shape index (κ1) is 31.9.